The van der Waals surface area contributed by atoms with Gasteiger partial charge in [0.1, 0.15) is 0 Å². The van der Waals surface area contributed by atoms with Gasteiger partial charge in [-0.3, -0.25) is 14.4 Å². The van der Waals surface area contributed by atoms with Crippen molar-refractivity contribution in [2.75, 3.05) is 20.3 Å². The molecule has 1 rings (SSSR count). The zero-order chi connectivity index (χ0) is 17.6. The van der Waals surface area contributed by atoms with E-state index in [1.165, 1.54) is 0 Å². The van der Waals surface area contributed by atoms with E-state index < -0.39 is 6.10 Å². The van der Waals surface area contributed by atoms with Crippen molar-refractivity contribution in [2.24, 2.45) is 0 Å². The van der Waals surface area contributed by atoms with Crippen LogP contribution in [0.15, 0.2) is 24.3 Å². The van der Waals surface area contributed by atoms with Gasteiger partial charge in [0.05, 0.1) is 19.3 Å². The zero-order valence-corrected chi connectivity index (χ0v) is 14.0. The first-order valence-electron chi connectivity index (χ1n) is 8.02. The Kier molecular flexibility index (Phi) is 10.4. The molecule has 134 valence electrons. The molecule has 1 aromatic carbocycles. The fourth-order valence-corrected chi connectivity index (χ4v) is 2.12. The molecule has 1 unspecified atom stereocenters. The predicted octanol–water partition coefficient (Wildman–Crippen LogP) is 1.16. The topological polar surface area (TPSA) is 96.9 Å². The van der Waals surface area contributed by atoms with E-state index in [1.54, 1.807) is 31.4 Å². The largest absolute Gasteiger partial charge is 0.391 e. The van der Waals surface area contributed by atoms with Gasteiger partial charge in [-0.2, -0.15) is 0 Å². The first kappa shape index (κ1) is 20.1. The molecule has 1 aromatic rings. The molecule has 0 heterocycles. The number of carbonyl (C=O) groups is 2. The molecule has 2 amide bonds. The lowest BCUT2D eigenvalue weighted by Gasteiger charge is -2.09. The third-order valence-electron chi connectivity index (χ3n) is 3.41. The highest BCUT2D eigenvalue weighted by molar-refractivity contribution is 5.93. The van der Waals surface area contributed by atoms with Crippen molar-refractivity contribution in [1.82, 2.24) is 10.8 Å². The second-order valence-electron chi connectivity index (χ2n) is 5.43. The number of carbonyl (C=O) groups excluding carboxylic acids is 2. The number of aliphatic hydroxyl groups is 1. The van der Waals surface area contributed by atoms with Crippen molar-refractivity contribution >= 4 is 12.3 Å². The Hall–Kier alpha value is -1.96. The molecule has 3 N–H and O–H groups in total. The summed E-state index contributed by atoms with van der Waals surface area (Å²) in [6.45, 7) is 1.21. The number of unbranched alkanes of at least 4 members (excludes halogenated alkanes) is 2. The predicted molar refractivity (Wildman–Crippen MR) is 89.1 cm³/mol. The van der Waals surface area contributed by atoms with E-state index in [0.717, 1.165) is 24.8 Å². The van der Waals surface area contributed by atoms with E-state index in [1.807, 2.05) is 0 Å². The van der Waals surface area contributed by atoms with Crippen LogP contribution < -0.4 is 10.8 Å². The maximum atomic E-state index is 11.9. The normalized spacial score (nSPS) is 11.8. The summed E-state index contributed by atoms with van der Waals surface area (Å²) in [7, 11) is 1.56. The number of hydrogen-bond donors (Lipinski definition) is 3. The maximum absolute atomic E-state index is 11.9. The standard InChI is InChI=1S/C17H26N2O5/c1-23-12-16(21)5-3-2-4-10-24-19-17(22)15-8-6-14(7-9-15)11-18-13-20/h6-9,13,16,21H,2-5,10-12H2,1H3,(H,18,20)(H,19,22). The summed E-state index contributed by atoms with van der Waals surface area (Å²) in [6, 6.07) is 6.91. The molecule has 0 spiro atoms. The molecule has 0 fully saturated rings. The van der Waals surface area contributed by atoms with Crippen LogP contribution in [0.4, 0.5) is 0 Å². The van der Waals surface area contributed by atoms with E-state index in [9.17, 15) is 14.7 Å². The van der Waals surface area contributed by atoms with Gasteiger partial charge in [0, 0.05) is 19.2 Å². The molecule has 0 aliphatic carbocycles. The third kappa shape index (κ3) is 8.61. The van der Waals surface area contributed by atoms with Crippen LogP contribution in [0.3, 0.4) is 0 Å². The van der Waals surface area contributed by atoms with Crippen molar-refractivity contribution in [3.63, 3.8) is 0 Å². The monoisotopic (exact) mass is 338 g/mol. The van der Waals surface area contributed by atoms with Gasteiger partial charge in [0.2, 0.25) is 6.41 Å². The molecule has 0 aromatic heterocycles. The SMILES string of the molecule is COCC(O)CCCCCONC(=O)c1ccc(CNC=O)cc1. The van der Waals surface area contributed by atoms with Crippen LogP contribution in [0.2, 0.25) is 0 Å². The van der Waals surface area contributed by atoms with Crippen LogP contribution in [-0.4, -0.2) is 43.9 Å². The number of methoxy groups -OCH3 is 1. The molecule has 0 aliphatic heterocycles. The average molecular weight is 338 g/mol. The highest BCUT2D eigenvalue weighted by Gasteiger charge is 2.05. The molecular weight excluding hydrogens is 312 g/mol. The maximum Gasteiger partial charge on any atom is 0.274 e. The summed E-state index contributed by atoms with van der Waals surface area (Å²) >= 11 is 0. The first-order chi connectivity index (χ1) is 11.7. The summed E-state index contributed by atoms with van der Waals surface area (Å²) in [6.07, 6.45) is 3.52. The smallest absolute Gasteiger partial charge is 0.274 e. The molecule has 1 atom stereocenters. The molecule has 24 heavy (non-hydrogen) atoms. The van der Waals surface area contributed by atoms with E-state index >= 15 is 0 Å². The lowest BCUT2D eigenvalue weighted by molar-refractivity contribution is -0.109. The Morgan fingerprint density at radius 3 is 2.67 bits per heavy atom. The van der Waals surface area contributed by atoms with Gasteiger partial charge in [-0.1, -0.05) is 25.0 Å². The quantitative estimate of drug-likeness (QED) is 0.285. The Labute approximate surface area is 142 Å². The Bertz CT molecular complexity index is 478. The van der Waals surface area contributed by atoms with Gasteiger partial charge in [0.15, 0.2) is 0 Å². The minimum Gasteiger partial charge on any atom is -0.391 e. The molecule has 7 nitrogen and oxygen atoms in total. The molecule has 0 saturated heterocycles. The Morgan fingerprint density at radius 2 is 2.00 bits per heavy atom. The van der Waals surface area contributed by atoms with Crippen molar-refractivity contribution < 1.29 is 24.3 Å². The summed E-state index contributed by atoms with van der Waals surface area (Å²) in [5.41, 5.74) is 3.81. The van der Waals surface area contributed by atoms with Gasteiger partial charge >= 0.3 is 0 Å². The second-order valence-corrected chi connectivity index (χ2v) is 5.43. The Morgan fingerprint density at radius 1 is 1.25 bits per heavy atom. The Balaban J connectivity index is 2.12. The molecule has 0 radical (unpaired) electrons. The zero-order valence-electron chi connectivity index (χ0n) is 14.0. The second kappa shape index (κ2) is 12.5. The molecular formula is C17H26N2O5. The van der Waals surface area contributed by atoms with E-state index in [2.05, 4.69) is 10.8 Å². The fourth-order valence-electron chi connectivity index (χ4n) is 2.12. The number of aliphatic hydroxyl groups excluding tert-OH is 1. The molecule has 0 bridgehead atoms. The van der Waals surface area contributed by atoms with Crippen LogP contribution in [0.5, 0.6) is 0 Å². The number of benzene rings is 1. The molecule has 7 heteroatoms. The summed E-state index contributed by atoms with van der Waals surface area (Å²) in [4.78, 5) is 27.2. The van der Waals surface area contributed by atoms with Gasteiger partial charge < -0.3 is 15.2 Å². The summed E-state index contributed by atoms with van der Waals surface area (Å²) < 4.78 is 4.85. The number of rotatable bonds is 13. The number of nitrogens with one attached hydrogen (secondary N) is 2. The lowest BCUT2D eigenvalue weighted by atomic mass is 10.1. The van der Waals surface area contributed by atoms with E-state index in [0.29, 0.717) is 38.2 Å². The van der Waals surface area contributed by atoms with Crippen LogP contribution in [0.1, 0.15) is 41.6 Å². The number of hydroxylamine groups is 1. The van der Waals surface area contributed by atoms with Crippen LogP contribution >= 0.6 is 0 Å². The molecule has 0 aliphatic rings. The number of hydrogen-bond acceptors (Lipinski definition) is 5. The average Bonchev–Trinajstić information content (AvgIpc) is 2.59. The van der Waals surface area contributed by atoms with Crippen molar-refractivity contribution in [1.29, 1.82) is 0 Å². The van der Waals surface area contributed by atoms with Crippen molar-refractivity contribution in [3.8, 4) is 0 Å². The summed E-state index contributed by atoms with van der Waals surface area (Å²) in [5.74, 6) is -0.305. The van der Waals surface area contributed by atoms with E-state index in [4.69, 9.17) is 9.57 Å². The molecule has 0 saturated carbocycles. The minimum atomic E-state index is -0.416. The highest BCUT2D eigenvalue weighted by atomic mass is 16.6. The lowest BCUT2D eigenvalue weighted by Crippen LogP contribution is -2.24. The van der Waals surface area contributed by atoms with Crippen LogP contribution in [0.25, 0.3) is 0 Å². The minimum absolute atomic E-state index is 0.305. The summed E-state index contributed by atoms with van der Waals surface area (Å²) in [5, 5.41) is 12.0. The first-order valence-corrected chi connectivity index (χ1v) is 8.02. The number of amides is 2. The van der Waals surface area contributed by atoms with Gasteiger partial charge in [0.25, 0.3) is 5.91 Å². The van der Waals surface area contributed by atoms with Gasteiger partial charge in [-0.15, -0.1) is 0 Å². The van der Waals surface area contributed by atoms with E-state index in [-0.39, 0.29) is 5.91 Å². The highest BCUT2D eigenvalue weighted by Crippen LogP contribution is 2.05. The third-order valence-corrected chi connectivity index (χ3v) is 3.41. The van der Waals surface area contributed by atoms with Gasteiger partial charge in [-0.05, 0) is 30.5 Å². The van der Waals surface area contributed by atoms with Crippen LogP contribution in [-0.2, 0) is 20.9 Å². The van der Waals surface area contributed by atoms with Crippen molar-refractivity contribution in [2.45, 2.75) is 38.3 Å². The van der Waals surface area contributed by atoms with Crippen LogP contribution in [0, 0.1) is 0 Å². The fraction of sp³-hybridized carbons (Fsp3) is 0.529. The van der Waals surface area contributed by atoms with Crippen molar-refractivity contribution in [3.05, 3.63) is 35.4 Å². The van der Waals surface area contributed by atoms with Gasteiger partial charge in [-0.25, -0.2) is 5.48 Å². The number of ether oxygens (including phenoxy) is 1.